The van der Waals surface area contributed by atoms with Crippen molar-refractivity contribution in [2.24, 2.45) is 0 Å². The van der Waals surface area contributed by atoms with E-state index in [2.05, 4.69) is 27.3 Å². The Bertz CT molecular complexity index is 1000. The van der Waals surface area contributed by atoms with E-state index in [-0.39, 0.29) is 5.97 Å². The van der Waals surface area contributed by atoms with Gasteiger partial charge < -0.3 is 15.0 Å². The number of esters is 1. The number of carbonyl (C=O) groups is 1. The third-order valence-corrected chi connectivity index (χ3v) is 6.14. The number of thiophene rings is 1. The molecule has 0 bridgehead atoms. The molecule has 146 valence electrons. The van der Waals surface area contributed by atoms with Gasteiger partial charge >= 0.3 is 5.97 Å². The summed E-state index contributed by atoms with van der Waals surface area (Å²) in [6.45, 7) is 7.83. The number of fused-ring (bicyclic) bond motifs is 1. The first kappa shape index (κ1) is 18.7. The van der Waals surface area contributed by atoms with Gasteiger partial charge in [0, 0.05) is 24.8 Å². The van der Waals surface area contributed by atoms with E-state index in [0.717, 1.165) is 52.6 Å². The Labute approximate surface area is 168 Å². The Morgan fingerprint density at radius 3 is 2.82 bits per heavy atom. The third-order valence-electron chi connectivity index (χ3n) is 4.98. The second-order valence-corrected chi connectivity index (χ2v) is 7.99. The number of hydrogen-bond donors (Lipinski definition) is 1. The molecule has 3 aromatic rings. The lowest BCUT2D eigenvalue weighted by atomic mass is 10.2. The molecule has 1 unspecified atom stereocenters. The second-order valence-electron chi connectivity index (χ2n) is 6.99. The summed E-state index contributed by atoms with van der Waals surface area (Å²) in [6.07, 6.45) is 1.04. The number of ether oxygens (including phenoxy) is 1. The Balaban J connectivity index is 1.64. The second kappa shape index (κ2) is 7.75. The number of anilines is 2. The minimum absolute atomic E-state index is 0.281. The fourth-order valence-corrected chi connectivity index (χ4v) is 4.80. The average Bonchev–Trinajstić information content (AvgIpc) is 3.27. The molecule has 7 heteroatoms. The average molecular weight is 397 g/mol. The summed E-state index contributed by atoms with van der Waals surface area (Å²) in [5, 5.41) is 4.57. The highest BCUT2D eigenvalue weighted by atomic mass is 32.1. The topological polar surface area (TPSA) is 67.3 Å². The van der Waals surface area contributed by atoms with Crippen LogP contribution in [0, 0.1) is 13.8 Å². The van der Waals surface area contributed by atoms with E-state index < -0.39 is 0 Å². The van der Waals surface area contributed by atoms with Crippen LogP contribution in [-0.2, 0) is 4.74 Å². The maximum atomic E-state index is 12.3. The molecule has 1 saturated heterocycles. The van der Waals surface area contributed by atoms with Crippen molar-refractivity contribution in [2.45, 2.75) is 33.2 Å². The quantitative estimate of drug-likeness (QED) is 0.653. The Morgan fingerprint density at radius 2 is 2.07 bits per heavy atom. The molecule has 1 aliphatic heterocycles. The number of carbonyl (C=O) groups excluding carboxylic acids is 1. The third kappa shape index (κ3) is 3.54. The Kier molecular flexibility index (Phi) is 5.17. The number of nitrogens with zero attached hydrogens (tertiary/aromatic N) is 3. The smallest absolute Gasteiger partial charge is 0.348 e. The van der Waals surface area contributed by atoms with Crippen molar-refractivity contribution in [1.82, 2.24) is 9.97 Å². The lowest BCUT2D eigenvalue weighted by Gasteiger charge is -2.20. The lowest BCUT2D eigenvalue weighted by molar-refractivity contribution is 0.0531. The molecule has 28 heavy (non-hydrogen) atoms. The minimum atomic E-state index is -0.281. The highest BCUT2D eigenvalue weighted by Crippen LogP contribution is 2.37. The first-order chi connectivity index (χ1) is 13.6. The van der Waals surface area contributed by atoms with Gasteiger partial charge in [-0.1, -0.05) is 18.2 Å². The van der Waals surface area contributed by atoms with Gasteiger partial charge in [0.2, 0.25) is 0 Å². The predicted molar refractivity (Wildman–Crippen MR) is 114 cm³/mol. The van der Waals surface area contributed by atoms with E-state index in [1.54, 1.807) is 0 Å². The first-order valence-corrected chi connectivity index (χ1v) is 10.4. The van der Waals surface area contributed by atoms with Crippen LogP contribution in [0.5, 0.6) is 0 Å². The molecular formula is C21H24N4O2S. The predicted octanol–water partition coefficient (Wildman–Crippen LogP) is 4.18. The van der Waals surface area contributed by atoms with Crippen molar-refractivity contribution in [1.29, 1.82) is 0 Å². The largest absolute Gasteiger partial charge is 0.462 e. The minimum Gasteiger partial charge on any atom is -0.462 e. The van der Waals surface area contributed by atoms with Crippen molar-refractivity contribution in [3.63, 3.8) is 0 Å². The number of nitrogens with one attached hydrogen (secondary N) is 1. The fraction of sp³-hybridized carbons (Fsp3) is 0.381. The van der Waals surface area contributed by atoms with Gasteiger partial charge in [0.25, 0.3) is 0 Å². The molecule has 1 aromatic carbocycles. The molecule has 0 radical (unpaired) electrons. The number of para-hydroxylation sites is 1. The van der Waals surface area contributed by atoms with Crippen LogP contribution in [0.25, 0.3) is 10.2 Å². The zero-order valence-electron chi connectivity index (χ0n) is 16.4. The summed E-state index contributed by atoms with van der Waals surface area (Å²) in [5.41, 5.74) is 2.04. The summed E-state index contributed by atoms with van der Waals surface area (Å²) < 4.78 is 5.22. The van der Waals surface area contributed by atoms with Gasteiger partial charge in [-0.15, -0.1) is 11.3 Å². The molecule has 1 atom stereocenters. The molecule has 0 amide bonds. The Hall–Kier alpha value is -2.67. The molecular weight excluding hydrogens is 372 g/mol. The number of hydrogen-bond acceptors (Lipinski definition) is 7. The van der Waals surface area contributed by atoms with Crippen LogP contribution in [-0.4, -0.2) is 41.7 Å². The van der Waals surface area contributed by atoms with E-state index in [0.29, 0.717) is 17.5 Å². The van der Waals surface area contributed by atoms with Crippen LogP contribution in [0.3, 0.4) is 0 Å². The standard InChI is InChI=1S/C21H24N4O2S/c1-4-27-21(26)18-13(2)17-19(22-14(3)23-20(17)28-18)25-11-10-16(12-25)24-15-8-6-5-7-9-15/h5-9,16,24H,4,10-12H2,1-3H3. The van der Waals surface area contributed by atoms with Gasteiger partial charge in [0.15, 0.2) is 0 Å². The summed E-state index contributed by atoms with van der Waals surface area (Å²) in [4.78, 5) is 25.4. The Morgan fingerprint density at radius 1 is 1.29 bits per heavy atom. The molecule has 6 nitrogen and oxygen atoms in total. The molecule has 4 rings (SSSR count). The van der Waals surface area contributed by atoms with Crippen molar-refractivity contribution >= 4 is 39.0 Å². The lowest BCUT2D eigenvalue weighted by Crippen LogP contribution is -2.27. The molecule has 0 aliphatic carbocycles. The monoisotopic (exact) mass is 396 g/mol. The zero-order chi connectivity index (χ0) is 19.7. The summed E-state index contributed by atoms with van der Waals surface area (Å²) >= 11 is 1.39. The van der Waals surface area contributed by atoms with Gasteiger partial charge in [0.05, 0.1) is 12.0 Å². The van der Waals surface area contributed by atoms with Crippen LogP contribution >= 0.6 is 11.3 Å². The van der Waals surface area contributed by atoms with E-state index in [9.17, 15) is 4.79 Å². The van der Waals surface area contributed by atoms with Crippen LogP contribution in [0.15, 0.2) is 30.3 Å². The van der Waals surface area contributed by atoms with Gasteiger partial charge in [0.1, 0.15) is 21.3 Å². The molecule has 0 spiro atoms. The normalized spacial score (nSPS) is 16.5. The van der Waals surface area contributed by atoms with E-state index in [1.807, 2.05) is 39.0 Å². The number of rotatable bonds is 5. The van der Waals surface area contributed by atoms with E-state index in [4.69, 9.17) is 9.72 Å². The molecule has 2 aromatic heterocycles. The fourth-order valence-electron chi connectivity index (χ4n) is 3.68. The highest BCUT2D eigenvalue weighted by Gasteiger charge is 2.28. The molecule has 1 N–H and O–H groups in total. The van der Waals surface area contributed by atoms with Crippen LogP contribution < -0.4 is 10.2 Å². The molecule has 3 heterocycles. The van der Waals surface area contributed by atoms with Gasteiger partial charge in [-0.2, -0.15) is 0 Å². The van der Waals surface area contributed by atoms with Crippen molar-refractivity contribution in [3.05, 3.63) is 46.6 Å². The SMILES string of the molecule is CCOC(=O)c1sc2nc(C)nc(N3CCC(Nc4ccccc4)C3)c2c1C. The van der Waals surface area contributed by atoms with Gasteiger partial charge in [-0.3, -0.25) is 0 Å². The van der Waals surface area contributed by atoms with Crippen LogP contribution in [0.2, 0.25) is 0 Å². The molecule has 1 aliphatic rings. The number of aryl methyl sites for hydroxylation is 2. The van der Waals surface area contributed by atoms with Crippen LogP contribution in [0.1, 0.15) is 34.4 Å². The van der Waals surface area contributed by atoms with Crippen molar-refractivity contribution < 1.29 is 9.53 Å². The summed E-state index contributed by atoms with van der Waals surface area (Å²) in [6, 6.07) is 10.6. The maximum Gasteiger partial charge on any atom is 0.348 e. The number of aromatic nitrogens is 2. The summed E-state index contributed by atoms with van der Waals surface area (Å²) in [5.74, 6) is 1.36. The maximum absolute atomic E-state index is 12.3. The first-order valence-electron chi connectivity index (χ1n) is 9.58. The molecule has 0 saturated carbocycles. The highest BCUT2D eigenvalue weighted by molar-refractivity contribution is 7.20. The van der Waals surface area contributed by atoms with Crippen molar-refractivity contribution in [3.8, 4) is 0 Å². The van der Waals surface area contributed by atoms with Gasteiger partial charge in [-0.05, 0) is 44.9 Å². The van der Waals surface area contributed by atoms with E-state index >= 15 is 0 Å². The summed E-state index contributed by atoms with van der Waals surface area (Å²) in [7, 11) is 0. The molecule has 1 fully saturated rings. The van der Waals surface area contributed by atoms with Gasteiger partial charge in [-0.25, -0.2) is 14.8 Å². The zero-order valence-corrected chi connectivity index (χ0v) is 17.2. The van der Waals surface area contributed by atoms with E-state index in [1.165, 1.54) is 11.3 Å². The number of benzene rings is 1. The van der Waals surface area contributed by atoms with Crippen LogP contribution in [0.4, 0.5) is 11.5 Å². The van der Waals surface area contributed by atoms with Crippen molar-refractivity contribution in [2.75, 3.05) is 29.9 Å².